The van der Waals surface area contributed by atoms with E-state index in [-0.39, 0.29) is 23.0 Å². The van der Waals surface area contributed by atoms with Crippen molar-refractivity contribution < 1.29 is 22.4 Å². The highest BCUT2D eigenvalue weighted by atomic mass is 35.5. The topological polar surface area (TPSA) is 86.8 Å². The Morgan fingerprint density at radius 1 is 0.974 bits per heavy atom. The number of sulfonamides is 1. The molecule has 0 saturated heterocycles. The minimum Gasteiger partial charge on any atom is -0.355 e. The van der Waals surface area contributed by atoms with Gasteiger partial charge in [0.05, 0.1) is 10.6 Å². The van der Waals surface area contributed by atoms with E-state index < -0.39 is 34.3 Å². The Hall–Kier alpha value is -3.43. The van der Waals surface area contributed by atoms with Crippen LogP contribution in [0.4, 0.5) is 10.1 Å². The van der Waals surface area contributed by atoms with Crippen molar-refractivity contribution in [3.05, 3.63) is 94.3 Å². The molecule has 0 saturated carbocycles. The van der Waals surface area contributed by atoms with Gasteiger partial charge in [-0.3, -0.25) is 13.9 Å². The Labute approximate surface area is 234 Å². The van der Waals surface area contributed by atoms with Gasteiger partial charge in [-0.2, -0.15) is 0 Å². The zero-order chi connectivity index (χ0) is 28.7. The molecule has 0 fully saturated rings. The van der Waals surface area contributed by atoms with E-state index >= 15 is 0 Å². The molecule has 0 aromatic heterocycles. The Balaban J connectivity index is 2.08. The van der Waals surface area contributed by atoms with Crippen molar-refractivity contribution >= 4 is 39.1 Å². The van der Waals surface area contributed by atoms with Crippen LogP contribution in [0.2, 0.25) is 5.02 Å². The Bertz CT molecular complexity index is 1410. The molecule has 0 heterocycles. The van der Waals surface area contributed by atoms with Gasteiger partial charge in [-0.25, -0.2) is 12.8 Å². The SMILES string of the molecule is CCNC(=O)[C@H](CC)N(Cc1ccc(F)cc1)C(=O)CN(c1ccc(C)c(Cl)c1)S(=O)(=O)c1ccc(C)cc1. The lowest BCUT2D eigenvalue weighted by Crippen LogP contribution is -2.52. The summed E-state index contributed by atoms with van der Waals surface area (Å²) in [6, 6.07) is 15.8. The average molecular weight is 574 g/mol. The molecule has 208 valence electrons. The van der Waals surface area contributed by atoms with E-state index in [1.807, 2.05) is 6.92 Å². The van der Waals surface area contributed by atoms with Crippen LogP contribution in [-0.4, -0.2) is 44.3 Å². The number of amides is 2. The van der Waals surface area contributed by atoms with Crippen LogP contribution in [0.5, 0.6) is 0 Å². The molecule has 10 heteroatoms. The lowest BCUT2D eigenvalue weighted by molar-refractivity contribution is -0.140. The number of hydrogen-bond donors (Lipinski definition) is 1. The average Bonchev–Trinajstić information content (AvgIpc) is 2.90. The van der Waals surface area contributed by atoms with Crippen LogP contribution in [0, 0.1) is 19.7 Å². The molecule has 0 unspecified atom stereocenters. The number of carbonyl (C=O) groups excluding carboxylic acids is 2. The molecule has 39 heavy (non-hydrogen) atoms. The van der Waals surface area contributed by atoms with E-state index in [2.05, 4.69) is 5.32 Å². The first kappa shape index (κ1) is 30.1. The van der Waals surface area contributed by atoms with Crippen LogP contribution in [0.25, 0.3) is 0 Å². The van der Waals surface area contributed by atoms with E-state index in [4.69, 9.17) is 11.6 Å². The number of aryl methyl sites for hydroxylation is 2. The summed E-state index contributed by atoms with van der Waals surface area (Å²) in [5.74, 6) is -1.38. The standard InChI is InChI=1S/C29H33ClFN3O4S/c1-5-27(29(36)32-6-2)33(18-22-10-12-23(31)13-11-22)28(35)19-34(24-14-9-21(4)26(30)17-24)39(37,38)25-15-7-20(3)8-16-25/h7-17,27H,5-6,18-19H2,1-4H3,(H,32,36)/t27-/m0/s1. The van der Waals surface area contributed by atoms with Gasteiger partial charge in [0.25, 0.3) is 10.0 Å². The molecule has 3 aromatic carbocycles. The second kappa shape index (κ2) is 13.1. The molecular weight excluding hydrogens is 541 g/mol. The molecule has 0 radical (unpaired) electrons. The van der Waals surface area contributed by atoms with Crippen molar-refractivity contribution in [1.82, 2.24) is 10.2 Å². The quantitative estimate of drug-likeness (QED) is 0.340. The van der Waals surface area contributed by atoms with E-state index in [0.717, 1.165) is 15.4 Å². The lowest BCUT2D eigenvalue weighted by atomic mass is 10.1. The fraction of sp³-hybridized carbons (Fsp3) is 0.310. The number of benzene rings is 3. The van der Waals surface area contributed by atoms with Crippen LogP contribution in [-0.2, 0) is 26.2 Å². The van der Waals surface area contributed by atoms with Gasteiger partial charge in [-0.15, -0.1) is 0 Å². The summed E-state index contributed by atoms with van der Waals surface area (Å²) in [6.45, 7) is 6.95. The molecule has 0 spiro atoms. The maximum absolute atomic E-state index is 13.9. The molecule has 7 nitrogen and oxygen atoms in total. The third-order valence-corrected chi connectivity index (χ3v) is 8.53. The molecule has 0 aliphatic heterocycles. The number of anilines is 1. The van der Waals surface area contributed by atoms with E-state index in [0.29, 0.717) is 23.6 Å². The fourth-order valence-electron chi connectivity index (χ4n) is 4.10. The van der Waals surface area contributed by atoms with Gasteiger partial charge in [0, 0.05) is 18.1 Å². The monoisotopic (exact) mass is 573 g/mol. The summed E-state index contributed by atoms with van der Waals surface area (Å²) < 4.78 is 42.3. The van der Waals surface area contributed by atoms with Gasteiger partial charge in [0.15, 0.2) is 0 Å². The van der Waals surface area contributed by atoms with Crippen LogP contribution in [0.1, 0.15) is 37.0 Å². The van der Waals surface area contributed by atoms with Crippen molar-refractivity contribution in [1.29, 1.82) is 0 Å². The number of halogens is 2. The number of carbonyl (C=O) groups is 2. The van der Waals surface area contributed by atoms with Crippen LogP contribution in [0.15, 0.2) is 71.6 Å². The lowest BCUT2D eigenvalue weighted by Gasteiger charge is -2.33. The third-order valence-electron chi connectivity index (χ3n) is 6.33. The molecular formula is C29H33ClFN3O4S. The predicted octanol–water partition coefficient (Wildman–Crippen LogP) is 5.23. The van der Waals surface area contributed by atoms with Crippen molar-refractivity contribution in [3.63, 3.8) is 0 Å². The maximum Gasteiger partial charge on any atom is 0.264 e. The second-order valence-corrected chi connectivity index (χ2v) is 11.5. The van der Waals surface area contributed by atoms with Gasteiger partial charge in [0.1, 0.15) is 18.4 Å². The van der Waals surface area contributed by atoms with Gasteiger partial charge in [0.2, 0.25) is 11.8 Å². The smallest absolute Gasteiger partial charge is 0.264 e. The van der Waals surface area contributed by atoms with E-state index in [1.54, 1.807) is 45.0 Å². The molecule has 0 aliphatic rings. The van der Waals surface area contributed by atoms with E-state index in [1.165, 1.54) is 47.4 Å². The summed E-state index contributed by atoms with van der Waals surface area (Å²) in [5, 5.41) is 3.09. The molecule has 2 amide bonds. The number of nitrogens with zero attached hydrogens (tertiary/aromatic N) is 2. The van der Waals surface area contributed by atoms with Gasteiger partial charge >= 0.3 is 0 Å². The predicted molar refractivity (Wildman–Crippen MR) is 152 cm³/mol. The maximum atomic E-state index is 13.9. The van der Waals surface area contributed by atoms with Crippen molar-refractivity contribution in [2.45, 2.75) is 51.6 Å². The zero-order valence-corrected chi connectivity index (χ0v) is 24.0. The van der Waals surface area contributed by atoms with Gasteiger partial charge in [-0.1, -0.05) is 54.4 Å². The highest BCUT2D eigenvalue weighted by molar-refractivity contribution is 7.92. The Morgan fingerprint density at radius 2 is 1.62 bits per heavy atom. The molecule has 0 aliphatic carbocycles. The molecule has 3 rings (SSSR count). The largest absolute Gasteiger partial charge is 0.355 e. The van der Waals surface area contributed by atoms with Crippen molar-refractivity contribution in [2.24, 2.45) is 0 Å². The first-order valence-electron chi connectivity index (χ1n) is 12.6. The minimum absolute atomic E-state index is 0.0121. The van der Waals surface area contributed by atoms with Crippen LogP contribution >= 0.6 is 11.6 Å². The second-order valence-electron chi connectivity index (χ2n) is 9.22. The summed E-state index contributed by atoms with van der Waals surface area (Å²) in [4.78, 5) is 28.2. The summed E-state index contributed by atoms with van der Waals surface area (Å²) in [5.41, 5.74) is 2.44. The summed E-state index contributed by atoms with van der Waals surface area (Å²) in [7, 11) is -4.19. The van der Waals surface area contributed by atoms with E-state index in [9.17, 15) is 22.4 Å². The molecule has 3 aromatic rings. The number of likely N-dealkylation sites (N-methyl/N-ethyl adjacent to an activating group) is 1. The molecule has 1 atom stereocenters. The number of rotatable bonds is 11. The normalized spacial score (nSPS) is 12.1. The highest BCUT2D eigenvalue weighted by Crippen LogP contribution is 2.29. The summed E-state index contributed by atoms with van der Waals surface area (Å²) >= 11 is 6.34. The number of nitrogens with one attached hydrogen (secondary N) is 1. The highest BCUT2D eigenvalue weighted by Gasteiger charge is 2.33. The van der Waals surface area contributed by atoms with Crippen molar-refractivity contribution in [2.75, 3.05) is 17.4 Å². The number of hydrogen-bond acceptors (Lipinski definition) is 4. The van der Waals surface area contributed by atoms with Crippen molar-refractivity contribution in [3.8, 4) is 0 Å². The minimum atomic E-state index is -4.19. The first-order valence-corrected chi connectivity index (χ1v) is 14.5. The van der Waals surface area contributed by atoms with Crippen LogP contribution in [0.3, 0.4) is 0 Å². The van der Waals surface area contributed by atoms with Crippen LogP contribution < -0.4 is 9.62 Å². The third kappa shape index (κ3) is 7.36. The molecule has 1 N–H and O–H groups in total. The fourth-order valence-corrected chi connectivity index (χ4v) is 5.68. The van der Waals surface area contributed by atoms with Gasteiger partial charge in [-0.05, 0) is 74.7 Å². The Morgan fingerprint density at radius 3 is 2.18 bits per heavy atom. The first-order chi connectivity index (χ1) is 18.5. The zero-order valence-electron chi connectivity index (χ0n) is 22.4. The summed E-state index contributed by atoms with van der Waals surface area (Å²) in [6.07, 6.45) is 0.292. The Kier molecular flexibility index (Phi) is 10.1. The van der Waals surface area contributed by atoms with Gasteiger partial charge < -0.3 is 10.2 Å². The molecule has 0 bridgehead atoms.